The highest BCUT2D eigenvalue weighted by Gasteiger charge is 2.27. The number of alkyl halides is 1. The molecule has 8 nitrogen and oxygen atoms in total. The number of likely N-dealkylation sites (tertiary alicyclic amines) is 1. The van der Waals surface area contributed by atoms with Gasteiger partial charge >= 0.3 is 6.03 Å². The van der Waals surface area contributed by atoms with Crippen LogP contribution in [0.3, 0.4) is 0 Å². The van der Waals surface area contributed by atoms with Gasteiger partial charge in [-0.25, -0.2) is 19.2 Å². The molecule has 0 radical (unpaired) electrons. The number of amides is 2. The Morgan fingerprint density at radius 3 is 2.26 bits per heavy atom. The lowest BCUT2D eigenvalue weighted by atomic mass is 9.91. The molecule has 2 amide bonds. The van der Waals surface area contributed by atoms with Crippen molar-refractivity contribution in [2.75, 3.05) is 67.6 Å². The zero-order valence-corrected chi connectivity index (χ0v) is 21.7. The van der Waals surface area contributed by atoms with Crippen molar-refractivity contribution in [3.05, 3.63) is 54.5 Å². The molecule has 0 saturated carbocycles. The number of benzene rings is 2. The summed E-state index contributed by atoms with van der Waals surface area (Å²) in [6.07, 6.45) is 3.85. The predicted octanol–water partition coefficient (Wildman–Crippen LogP) is 4.82. The molecule has 0 spiro atoms. The first-order valence-corrected chi connectivity index (χ1v) is 13.8. The van der Waals surface area contributed by atoms with Gasteiger partial charge in [-0.2, -0.15) is 0 Å². The van der Waals surface area contributed by atoms with E-state index in [-0.39, 0.29) is 11.9 Å². The number of nitrogens with zero attached hydrogens (tertiary/aromatic N) is 5. The molecule has 3 aliphatic heterocycles. The van der Waals surface area contributed by atoms with Gasteiger partial charge in [-0.05, 0) is 68.1 Å². The molecule has 3 aromatic rings. The van der Waals surface area contributed by atoms with Gasteiger partial charge in [0.25, 0.3) is 0 Å². The summed E-state index contributed by atoms with van der Waals surface area (Å²) >= 11 is 0. The first-order valence-electron chi connectivity index (χ1n) is 13.8. The van der Waals surface area contributed by atoms with E-state index in [1.165, 1.54) is 0 Å². The molecule has 0 unspecified atom stereocenters. The summed E-state index contributed by atoms with van der Waals surface area (Å²) < 4.78 is 19.0. The molecular formula is C29H35FN6O2. The number of piperidine rings is 2. The zero-order valence-electron chi connectivity index (χ0n) is 21.7. The van der Waals surface area contributed by atoms with Crippen molar-refractivity contribution in [3.63, 3.8) is 0 Å². The molecule has 6 rings (SSSR count). The van der Waals surface area contributed by atoms with E-state index in [1.54, 1.807) is 6.33 Å². The second kappa shape index (κ2) is 11.1. The van der Waals surface area contributed by atoms with Crippen molar-refractivity contribution in [1.82, 2.24) is 14.9 Å². The number of anilines is 3. The lowest BCUT2D eigenvalue weighted by Gasteiger charge is -2.32. The van der Waals surface area contributed by atoms with E-state index in [0.717, 1.165) is 85.9 Å². The summed E-state index contributed by atoms with van der Waals surface area (Å²) in [6.45, 7) is 6.13. The van der Waals surface area contributed by atoms with Crippen LogP contribution in [0.5, 0.6) is 0 Å². The quantitative estimate of drug-likeness (QED) is 0.534. The zero-order chi connectivity index (χ0) is 25.9. The number of nitrogens with one attached hydrogen (secondary N) is 1. The van der Waals surface area contributed by atoms with Gasteiger partial charge in [-0.3, -0.25) is 0 Å². The number of rotatable bonds is 4. The maximum Gasteiger partial charge on any atom is 0.321 e. The van der Waals surface area contributed by atoms with E-state index in [0.29, 0.717) is 25.9 Å². The molecule has 0 aliphatic carbocycles. The molecule has 3 fully saturated rings. The summed E-state index contributed by atoms with van der Waals surface area (Å²) in [4.78, 5) is 28.6. The Balaban J connectivity index is 1.06. The number of aromatic nitrogens is 2. The third-order valence-electron chi connectivity index (χ3n) is 8.10. The smallest absolute Gasteiger partial charge is 0.321 e. The molecule has 38 heavy (non-hydrogen) atoms. The Morgan fingerprint density at radius 1 is 0.842 bits per heavy atom. The SMILES string of the molecule is O=C(Nc1ccc(N2CCOCC2)cc1)N1CCC(c2ncnc3cc(N4CCC(F)CC4)ccc23)CC1. The van der Waals surface area contributed by atoms with Crippen LogP contribution in [0.15, 0.2) is 48.8 Å². The Morgan fingerprint density at radius 2 is 1.53 bits per heavy atom. The highest BCUT2D eigenvalue weighted by atomic mass is 19.1. The molecule has 2 aromatic carbocycles. The molecule has 0 atom stereocenters. The minimum Gasteiger partial charge on any atom is -0.378 e. The van der Waals surface area contributed by atoms with Crippen molar-refractivity contribution >= 4 is 34.0 Å². The summed E-state index contributed by atoms with van der Waals surface area (Å²) in [5.41, 5.74) is 5.04. The van der Waals surface area contributed by atoms with Crippen LogP contribution >= 0.6 is 0 Å². The first-order chi connectivity index (χ1) is 18.6. The fourth-order valence-electron chi connectivity index (χ4n) is 5.83. The standard InChI is InChI=1S/C29H35FN6O2/c30-22-9-13-34(14-10-22)25-5-6-26-27(19-25)31-20-32-28(26)21-7-11-36(12-8-21)29(37)33-23-1-3-24(4-2-23)35-15-17-38-18-16-35/h1-6,19-22H,7-18H2,(H,33,37). The molecule has 0 bridgehead atoms. The van der Waals surface area contributed by atoms with Crippen LogP contribution in [0.2, 0.25) is 0 Å². The Kier molecular flexibility index (Phi) is 7.27. The van der Waals surface area contributed by atoms with Crippen LogP contribution in [-0.4, -0.2) is 79.6 Å². The Labute approximate surface area is 222 Å². The third kappa shape index (κ3) is 5.38. The topological polar surface area (TPSA) is 73.8 Å². The molecule has 9 heteroatoms. The number of halogens is 1. The molecule has 1 aromatic heterocycles. The van der Waals surface area contributed by atoms with Crippen molar-refractivity contribution in [2.24, 2.45) is 0 Å². The van der Waals surface area contributed by atoms with Crippen LogP contribution in [0, 0.1) is 0 Å². The van der Waals surface area contributed by atoms with Crippen LogP contribution in [0.1, 0.15) is 37.3 Å². The fourth-order valence-corrected chi connectivity index (χ4v) is 5.83. The van der Waals surface area contributed by atoms with Gasteiger partial charge in [0.2, 0.25) is 0 Å². The second-order valence-electron chi connectivity index (χ2n) is 10.5. The normalized spacial score (nSPS) is 19.7. The summed E-state index contributed by atoms with van der Waals surface area (Å²) in [7, 11) is 0. The monoisotopic (exact) mass is 518 g/mol. The van der Waals surface area contributed by atoms with Crippen molar-refractivity contribution in [2.45, 2.75) is 37.8 Å². The predicted molar refractivity (Wildman–Crippen MR) is 148 cm³/mol. The van der Waals surface area contributed by atoms with Crippen molar-refractivity contribution < 1.29 is 13.9 Å². The van der Waals surface area contributed by atoms with E-state index in [2.05, 4.69) is 55.4 Å². The van der Waals surface area contributed by atoms with E-state index in [9.17, 15) is 9.18 Å². The largest absolute Gasteiger partial charge is 0.378 e. The lowest BCUT2D eigenvalue weighted by Crippen LogP contribution is -2.40. The Hall–Kier alpha value is -3.46. The molecule has 3 saturated heterocycles. The second-order valence-corrected chi connectivity index (χ2v) is 10.5. The fraction of sp³-hybridized carbons (Fsp3) is 0.483. The highest BCUT2D eigenvalue weighted by Crippen LogP contribution is 2.33. The molecule has 3 aliphatic rings. The average Bonchev–Trinajstić information content (AvgIpc) is 2.98. The minimum atomic E-state index is -0.686. The molecule has 200 valence electrons. The number of carbonyl (C=O) groups is 1. The van der Waals surface area contributed by atoms with E-state index in [1.807, 2.05) is 17.0 Å². The van der Waals surface area contributed by atoms with Crippen LogP contribution in [0.25, 0.3) is 10.9 Å². The lowest BCUT2D eigenvalue weighted by molar-refractivity contribution is 0.122. The maximum absolute atomic E-state index is 13.6. The number of fused-ring (bicyclic) bond motifs is 1. The molecular weight excluding hydrogens is 483 g/mol. The van der Waals surface area contributed by atoms with E-state index < -0.39 is 6.17 Å². The van der Waals surface area contributed by atoms with Crippen LogP contribution in [-0.2, 0) is 4.74 Å². The van der Waals surface area contributed by atoms with E-state index in [4.69, 9.17) is 4.74 Å². The number of hydrogen-bond donors (Lipinski definition) is 1. The highest BCUT2D eigenvalue weighted by molar-refractivity contribution is 5.89. The summed E-state index contributed by atoms with van der Waals surface area (Å²) in [5.74, 6) is 0.283. The van der Waals surface area contributed by atoms with Gasteiger partial charge in [-0.15, -0.1) is 0 Å². The average molecular weight is 519 g/mol. The van der Waals surface area contributed by atoms with Crippen LogP contribution in [0.4, 0.5) is 26.2 Å². The van der Waals surface area contributed by atoms with Gasteiger partial charge < -0.3 is 24.8 Å². The summed E-state index contributed by atoms with van der Waals surface area (Å²) in [6, 6.07) is 14.3. The number of carbonyl (C=O) groups excluding carboxylic acids is 1. The van der Waals surface area contributed by atoms with Gasteiger partial charge in [0, 0.05) is 67.6 Å². The number of morpholine rings is 1. The summed E-state index contributed by atoms with van der Waals surface area (Å²) in [5, 5.41) is 4.13. The molecule has 4 heterocycles. The van der Waals surface area contributed by atoms with Gasteiger partial charge in [0.15, 0.2) is 0 Å². The van der Waals surface area contributed by atoms with Crippen molar-refractivity contribution in [1.29, 1.82) is 0 Å². The number of urea groups is 1. The minimum absolute atomic E-state index is 0.0585. The maximum atomic E-state index is 13.6. The van der Waals surface area contributed by atoms with Gasteiger partial charge in [0.1, 0.15) is 12.5 Å². The van der Waals surface area contributed by atoms with E-state index >= 15 is 0 Å². The van der Waals surface area contributed by atoms with Gasteiger partial charge in [-0.1, -0.05) is 0 Å². The first kappa shape index (κ1) is 24.9. The van der Waals surface area contributed by atoms with Crippen LogP contribution < -0.4 is 15.1 Å². The third-order valence-corrected chi connectivity index (χ3v) is 8.10. The Bertz CT molecular complexity index is 1250. The molecule has 1 N–H and O–H groups in total. The van der Waals surface area contributed by atoms with Gasteiger partial charge in [0.05, 0.1) is 24.4 Å². The number of hydrogen-bond acceptors (Lipinski definition) is 6. The number of ether oxygens (including phenoxy) is 1. The van der Waals surface area contributed by atoms with Crippen molar-refractivity contribution in [3.8, 4) is 0 Å².